The zero-order valence-corrected chi connectivity index (χ0v) is 20.8. The van der Waals surface area contributed by atoms with Gasteiger partial charge in [0.25, 0.3) is 5.91 Å². The van der Waals surface area contributed by atoms with Gasteiger partial charge in [0.05, 0.1) is 0 Å². The predicted octanol–water partition coefficient (Wildman–Crippen LogP) is 4.99. The molecule has 0 aliphatic rings. The third-order valence-corrected chi connectivity index (χ3v) is 5.65. The molecule has 0 bridgehead atoms. The van der Waals surface area contributed by atoms with E-state index in [1.54, 1.807) is 12.1 Å². The van der Waals surface area contributed by atoms with Crippen LogP contribution in [-0.2, 0) is 22.6 Å². The van der Waals surface area contributed by atoms with Gasteiger partial charge in [-0.15, -0.1) is 0 Å². The number of amides is 2. The summed E-state index contributed by atoms with van der Waals surface area (Å²) >= 11 is 0. The van der Waals surface area contributed by atoms with Crippen LogP contribution in [0.1, 0.15) is 36.1 Å². The number of nitrogens with zero attached hydrogens (tertiary/aromatic N) is 1. The Labute approximate surface area is 206 Å². The largest absolute Gasteiger partial charge is 0.483 e. The summed E-state index contributed by atoms with van der Waals surface area (Å²) < 4.78 is 19.4. The molecule has 6 heteroatoms. The number of ether oxygens (including phenoxy) is 1. The molecule has 3 rings (SSSR count). The summed E-state index contributed by atoms with van der Waals surface area (Å²) in [5.41, 5.74) is 3.69. The Hall–Kier alpha value is -3.67. The minimum Gasteiger partial charge on any atom is -0.483 e. The Kier molecular flexibility index (Phi) is 9.01. The second-order valence-electron chi connectivity index (χ2n) is 9.07. The molecular formula is C29H33FN2O3. The van der Waals surface area contributed by atoms with Crippen molar-refractivity contribution in [1.82, 2.24) is 10.2 Å². The molecule has 5 nitrogen and oxygen atoms in total. The second kappa shape index (κ2) is 12.2. The fourth-order valence-electron chi connectivity index (χ4n) is 3.90. The zero-order valence-electron chi connectivity index (χ0n) is 20.8. The Morgan fingerprint density at radius 2 is 1.63 bits per heavy atom. The van der Waals surface area contributed by atoms with E-state index in [-0.39, 0.29) is 36.8 Å². The molecule has 0 saturated carbocycles. The number of rotatable bonds is 10. The lowest BCUT2D eigenvalue weighted by atomic mass is 10.0. The van der Waals surface area contributed by atoms with Crippen LogP contribution in [0, 0.1) is 19.7 Å². The van der Waals surface area contributed by atoms with Gasteiger partial charge in [-0.05, 0) is 62.6 Å². The first-order valence-corrected chi connectivity index (χ1v) is 11.8. The number of aryl methyl sites for hydroxylation is 2. The molecule has 1 atom stereocenters. The summed E-state index contributed by atoms with van der Waals surface area (Å²) in [4.78, 5) is 28.4. The quantitative estimate of drug-likeness (QED) is 0.449. The lowest BCUT2D eigenvalue weighted by Gasteiger charge is -2.32. The van der Waals surface area contributed by atoms with Crippen molar-refractivity contribution in [3.63, 3.8) is 0 Å². The van der Waals surface area contributed by atoms with Crippen molar-refractivity contribution >= 4 is 11.8 Å². The van der Waals surface area contributed by atoms with E-state index in [2.05, 4.69) is 5.32 Å². The SMILES string of the molecule is Cc1ccc(OCC(=O)N(Cc2ccc(F)cc2)[C@@H](Cc2ccccc2)C(=O)NC(C)C)c(C)c1. The minimum atomic E-state index is -0.764. The maximum Gasteiger partial charge on any atom is 0.261 e. The molecule has 1 N–H and O–H groups in total. The summed E-state index contributed by atoms with van der Waals surface area (Å²) in [6.07, 6.45) is 0.343. The van der Waals surface area contributed by atoms with Gasteiger partial charge in [0.1, 0.15) is 17.6 Å². The molecule has 3 aromatic carbocycles. The zero-order chi connectivity index (χ0) is 25.4. The molecular weight excluding hydrogens is 443 g/mol. The highest BCUT2D eigenvalue weighted by Gasteiger charge is 2.31. The average molecular weight is 477 g/mol. The van der Waals surface area contributed by atoms with Crippen LogP contribution in [0.2, 0.25) is 0 Å². The fourth-order valence-corrected chi connectivity index (χ4v) is 3.90. The molecule has 184 valence electrons. The van der Waals surface area contributed by atoms with E-state index < -0.39 is 6.04 Å². The van der Waals surface area contributed by atoms with Crippen molar-refractivity contribution in [3.8, 4) is 5.75 Å². The topological polar surface area (TPSA) is 58.6 Å². The third kappa shape index (κ3) is 7.67. The highest BCUT2D eigenvalue weighted by Crippen LogP contribution is 2.20. The van der Waals surface area contributed by atoms with E-state index in [4.69, 9.17) is 4.74 Å². The summed E-state index contributed by atoms with van der Waals surface area (Å²) in [5.74, 6) is -0.305. The van der Waals surface area contributed by atoms with Crippen molar-refractivity contribution in [2.45, 2.75) is 52.7 Å². The molecule has 0 aliphatic heterocycles. The predicted molar refractivity (Wildman–Crippen MR) is 136 cm³/mol. The summed E-state index contributed by atoms with van der Waals surface area (Å²) in [5, 5.41) is 2.95. The van der Waals surface area contributed by atoms with Gasteiger partial charge in [0.2, 0.25) is 5.91 Å². The van der Waals surface area contributed by atoms with Crippen molar-refractivity contribution in [3.05, 3.63) is 101 Å². The highest BCUT2D eigenvalue weighted by atomic mass is 19.1. The van der Waals surface area contributed by atoms with Crippen LogP contribution in [0.5, 0.6) is 5.75 Å². The lowest BCUT2D eigenvalue weighted by Crippen LogP contribution is -2.52. The Bertz CT molecular complexity index is 1130. The van der Waals surface area contributed by atoms with E-state index in [0.717, 1.165) is 22.3 Å². The van der Waals surface area contributed by atoms with Crippen LogP contribution >= 0.6 is 0 Å². The van der Waals surface area contributed by atoms with Crippen molar-refractivity contribution in [2.24, 2.45) is 0 Å². The first-order chi connectivity index (χ1) is 16.7. The fraction of sp³-hybridized carbons (Fsp3) is 0.310. The molecule has 3 aromatic rings. The Balaban J connectivity index is 1.91. The molecule has 0 fully saturated rings. The molecule has 0 unspecified atom stereocenters. The van der Waals surface area contributed by atoms with Crippen LogP contribution in [0.3, 0.4) is 0 Å². The second-order valence-corrected chi connectivity index (χ2v) is 9.07. The maximum absolute atomic E-state index is 13.5. The average Bonchev–Trinajstić information content (AvgIpc) is 2.82. The number of carbonyl (C=O) groups excluding carboxylic acids is 2. The summed E-state index contributed by atoms with van der Waals surface area (Å²) in [7, 11) is 0. The number of hydrogen-bond donors (Lipinski definition) is 1. The van der Waals surface area contributed by atoms with Crippen molar-refractivity contribution in [1.29, 1.82) is 0 Å². The van der Waals surface area contributed by atoms with Gasteiger partial charge in [-0.1, -0.05) is 60.2 Å². The third-order valence-electron chi connectivity index (χ3n) is 5.65. The van der Waals surface area contributed by atoms with Gasteiger partial charge < -0.3 is 15.0 Å². The Morgan fingerprint density at radius 3 is 2.26 bits per heavy atom. The molecule has 0 aromatic heterocycles. The molecule has 0 radical (unpaired) electrons. The minimum absolute atomic E-state index is 0.0880. The van der Waals surface area contributed by atoms with Crippen LogP contribution in [0.4, 0.5) is 4.39 Å². The molecule has 0 saturated heterocycles. The highest BCUT2D eigenvalue weighted by molar-refractivity contribution is 5.88. The van der Waals surface area contributed by atoms with Crippen LogP contribution < -0.4 is 10.1 Å². The first kappa shape index (κ1) is 25.9. The molecule has 0 aliphatic carbocycles. The van der Waals surface area contributed by atoms with Gasteiger partial charge in [-0.3, -0.25) is 9.59 Å². The number of halogens is 1. The smallest absolute Gasteiger partial charge is 0.261 e. The normalized spacial score (nSPS) is 11.7. The monoisotopic (exact) mass is 476 g/mol. The number of carbonyl (C=O) groups is 2. The van der Waals surface area contributed by atoms with Gasteiger partial charge in [-0.25, -0.2) is 4.39 Å². The van der Waals surface area contributed by atoms with Gasteiger partial charge in [0, 0.05) is 19.0 Å². The van der Waals surface area contributed by atoms with Gasteiger partial charge in [0.15, 0.2) is 6.61 Å². The molecule has 35 heavy (non-hydrogen) atoms. The molecule has 0 heterocycles. The number of nitrogens with one attached hydrogen (secondary N) is 1. The maximum atomic E-state index is 13.5. The van der Waals surface area contributed by atoms with Crippen molar-refractivity contribution in [2.75, 3.05) is 6.61 Å². The Morgan fingerprint density at radius 1 is 0.943 bits per heavy atom. The van der Waals surface area contributed by atoms with Crippen LogP contribution in [0.25, 0.3) is 0 Å². The van der Waals surface area contributed by atoms with Gasteiger partial charge >= 0.3 is 0 Å². The van der Waals surface area contributed by atoms with E-state index in [0.29, 0.717) is 12.2 Å². The van der Waals surface area contributed by atoms with E-state index in [1.165, 1.54) is 17.0 Å². The van der Waals surface area contributed by atoms with Gasteiger partial charge in [-0.2, -0.15) is 0 Å². The summed E-state index contributed by atoms with van der Waals surface area (Å²) in [6.45, 7) is 7.62. The van der Waals surface area contributed by atoms with Crippen LogP contribution in [-0.4, -0.2) is 35.4 Å². The van der Waals surface area contributed by atoms with E-state index >= 15 is 0 Å². The van der Waals surface area contributed by atoms with E-state index in [1.807, 2.05) is 76.2 Å². The first-order valence-electron chi connectivity index (χ1n) is 11.8. The lowest BCUT2D eigenvalue weighted by molar-refractivity contribution is -0.143. The van der Waals surface area contributed by atoms with Crippen molar-refractivity contribution < 1.29 is 18.7 Å². The van der Waals surface area contributed by atoms with E-state index in [9.17, 15) is 14.0 Å². The standard InChI is InChI=1S/C29H33FN2O3/c1-20(2)31-29(34)26(17-23-8-6-5-7-9-23)32(18-24-11-13-25(30)14-12-24)28(33)19-35-27-15-10-21(3)16-22(27)4/h5-16,20,26H,17-19H2,1-4H3,(H,31,34)/t26-/m0/s1. The molecule has 2 amide bonds. The molecule has 0 spiro atoms. The summed E-state index contributed by atoms with van der Waals surface area (Å²) in [6, 6.07) is 20.4. The van der Waals surface area contributed by atoms with Crippen LogP contribution in [0.15, 0.2) is 72.8 Å². The number of benzene rings is 3. The number of hydrogen-bond acceptors (Lipinski definition) is 3.